The Bertz CT molecular complexity index is 627. The molecule has 1 fully saturated rings. The Labute approximate surface area is 119 Å². The number of halogens is 1. The molecule has 1 aliphatic rings. The zero-order valence-electron chi connectivity index (χ0n) is 11.0. The van der Waals surface area contributed by atoms with E-state index < -0.39 is 17.7 Å². The summed E-state index contributed by atoms with van der Waals surface area (Å²) in [6, 6.07) is 3.77. The number of nitrogens with one attached hydrogen (secondary N) is 1. The summed E-state index contributed by atoms with van der Waals surface area (Å²) in [7, 11) is 0. The fourth-order valence-electron chi connectivity index (χ4n) is 1.95. The minimum Gasteiger partial charge on any atom is -0.478 e. The molecule has 0 spiro atoms. The second kappa shape index (κ2) is 6.17. The summed E-state index contributed by atoms with van der Waals surface area (Å²) in [5, 5.41) is 11.1. The van der Waals surface area contributed by atoms with Crippen LogP contribution < -0.4 is 5.32 Å². The number of hydrogen-bond acceptors (Lipinski definition) is 3. The number of nitrogens with zero attached hydrogens (tertiary/aromatic N) is 1. The lowest BCUT2D eigenvalue weighted by Crippen LogP contribution is -2.49. The number of carbonyl (C=O) groups excluding carboxylic acids is 2. The minimum absolute atomic E-state index is 0.0544. The Hall–Kier alpha value is -2.70. The predicted molar refractivity (Wildman–Crippen MR) is 72.0 cm³/mol. The van der Waals surface area contributed by atoms with E-state index in [0.717, 1.165) is 18.2 Å². The number of hydrogen-bond donors (Lipinski definition) is 2. The fourth-order valence-corrected chi connectivity index (χ4v) is 1.95. The Morgan fingerprint density at radius 1 is 1.38 bits per heavy atom. The third kappa shape index (κ3) is 3.65. The number of benzene rings is 1. The van der Waals surface area contributed by atoms with Gasteiger partial charge < -0.3 is 15.3 Å². The molecule has 0 unspecified atom stereocenters. The molecule has 1 aromatic rings. The normalized spacial score (nSPS) is 15.1. The standard InChI is InChI=1S/C14H13FN2O4/c15-11-7-10(2-1-9(11)3-4-13(19)20)14(21)17-6-5-16-12(18)8-17/h1-4,7H,5-6,8H2,(H,16,18)(H,19,20). The first-order valence-electron chi connectivity index (χ1n) is 6.24. The maximum absolute atomic E-state index is 13.8. The van der Waals surface area contributed by atoms with E-state index in [1.54, 1.807) is 0 Å². The highest BCUT2D eigenvalue weighted by atomic mass is 19.1. The van der Waals surface area contributed by atoms with Crippen LogP contribution in [0.2, 0.25) is 0 Å². The van der Waals surface area contributed by atoms with Gasteiger partial charge >= 0.3 is 5.97 Å². The van der Waals surface area contributed by atoms with Crippen LogP contribution in [0.25, 0.3) is 6.08 Å². The van der Waals surface area contributed by atoms with Crippen molar-refractivity contribution in [2.45, 2.75) is 0 Å². The number of piperazine rings is 1. The molecule has 0 aromatic heterocycles. The third-order valence-corrected chi connectivity index (χ3v) is 2.98. The Kier molecular flexibility index (Phi) is 4.32. The zero-order chi connectivity index (χ0) is 15.4. The van der Waals surface area contributed by atoms with Crippen molar-refractivity contribution in [1.29, 1.82) is 0 Å². The van der Waals surface area contributed by atoms with Gasteiger partial charge in [0.1, 0.15) is 5.82 Å². The van der Waals surface area contributed by atoms with Gasteiger partial charge in [-0.25, -0.2) is 9.18 Å². The first-order chi connectivity index (χ1) is 9.97. The topological polar surface area (TPSA) is 86.7 Å². The maximum atomic E-state index is 13.8. The molecule has 2 rings (SSSR count). The molecule has 0 aliphatic carbocycles. The van der Waals surface area contributed by atoms with Crippen molar-refractivity contribution in [3.05, 3.63) is 41.2 Å². The minimum atomic E-state index is -1.19. The number of aliphatic carboxylic acids is 1. The number of rotatable bonds is 3. The van der Waals surface area contributed by atoms with Crippen molar-refractivity contribution in [2.24, 2.45) is 0 Å². The van der Waals surface area contributed by atoms with Crippen LogP contribution in [0.5, 0.6) is 0 Å². The van der Waals surface area contributed by atoms with Crippen LogP contribution in [-0.4, -0.2) is 47.4 Å². The van der Waals surface area contributed by atoms with Crippen molar-refractivity contribution in [1.82, 2.24) is 10.2 Å². The fraction of sp³-hybridized carbons (Fsp3) is 0.214. The molecular formula is C14H13FN2O4. The molecule has 1 heterocycles. The van der Waals surface area contributed by atoms with Gasteiger partial charge in [0, 0.05) is 30.3 Å². The number of carbonyl (C=O) groups is 3. The van der Waals surface area contributed by atoms with Crippen molar-refractivity contribution in [3.63, 3.8) is 0 Å². The summed E-state index contributed by atoms with van der Waals surface area (Å²) in [5.74, 6) is -2.57. The van der Waals surface area contributed by atoms with Crippen molar-refractivity contribution < 1.29 is 23.9 Å². The lowest BCUT2D eigenvalue weighted by Gasteiger charge is -2.26. The number of carboxylic acids is 1. The van der Waals surface area contributed by atoms with E-state index >= 15 is 0 Å². The molecule has 7 heteroatoms. The first kappa shape index (κ1) is 14.7. The van der Waals surface area contributed by atoms with E-state index in [1.165, 1.54) is 17.0 Å². The monoisotopic (exact) mass is 292 g/mol. The van der Waals surface area contributed by atoms with Crippen LogP contribution in [0, 0.1) is 5.82 Å². The second-order valence-electron chi connectivity index (χ2n) is 4.48. The molecule has 1 saturated heterocycles. The van der Waals surface area contributed by atoms with E-state index in [4.69, 9.17) is 5.11 Å². The molecule has 0 saturated carbocycles. The molecular weight excluding hydrogens is 279 g/mol. The summed E-state index contributed by atoms with van der Waals surface area (Å²) in [5.41, 5.74) is 0.194. The highest BCUT2D eigenvalue weighted by Gasteiger charge is 2.22. The molecule has 21 heavy (non-hydrogen) atoms. The van der Waals surface area contributed by atoms with Gasteiger partial charge in [0.25, 0.3) is 5.91 Å². The predicted octanol–water partition coefficient (Wildman–Crippen LogP) is 0.496. The molecule has 1 aromatic carbocycles. The lowest BCUT2D eigenvalue weighted by molar-refractivity contribution is -0.131. The van der Waals surface area contributed by atoms with Gasteiger partial charge in [-0.2, -0.15) is 0 Å². The van der Waals surface area contributed by atoms with E-state index in [2.05, 4.69) is 5.32 Å². The van der Waals surface area contributed by atoms with Crippen molar-refractivity contribution in [2.75, 3.05) is 19.6 Å². The molecule has 0 radical (unpaired) electrons. The summed E-state index contributed by atoms with van der Waals surface area (Å²) >= 11 is 0. The van der Waals surface area contributed by atoms with Gasteiger partial charge in [-0.15, -0.1) is 0 Å². The molecule has 2 N–H and O–H groups in total. The summed E-state index contributed by atoms with van der Waals surface area (Å²) in [4.78, 5) is 35.1. The van der Waals surface area contributed by atoms with Gasteiger partial charge in [0.05, 0.1) is 6.54 Å². The van der Waals surface area contributed by atoms with Crippen LogP contribution in [0.3, 0.4) is 0 Å². The summed E-state index contributed by atoms with van der Waals surface area (Å²) < 4.78 is 13.8. The van der Waals surface area contributed by atoms with Gasteiger partial charge in [-0.05, 0) is 18.2 Å². The highest BCUT2D eigenvalue weighted by Crippen LogP contribution is 2.14. The van der Waals surface area contributed by atoms with E-state index in [9.17, 15) is 18.8 Å². The van der Waals surface area contributed by atoms with Gasteiger partial charge in [0.15, 0.2) is 0 Å². The SMILES string of the molecule is O=C(O)C=Cc1ccc(C(=O)N2CCNC(=O)C2)cc1F. The molecule has 110 valence electrons. The van der Waals surface area contributed by atoms with E-state index in [1.807, 2.05) is 0 Å². The second-order valence-corrected chi connectivity index (χ2v) is 4.48. The van der Waals surface area contributed by atoms with Crippen LogP contribution in [0.1, 0.15) is 15.9 Å². The Morgan fingerprint density at radius 3 is 2.76 bits per heavy atom. The zero-order valence-corrected chi connectivity index (χ0v) is 11.0. The van der Waals surface area contributed by atoms with Crippen LogP contribution in [0.15, 0.2) is 24.3 Å². The summed E-state index contributed by atoms with van der Waals surface area (Å²) in [6.07, 6.45) is 1.93. The average molecular weight is 292 g/mol. The van der Waals surface area contributed by atoms with Crippen molar-refractivity contribution in [3.8, 4) is 0 Å². The highest BCUT2D eigenvalue weighted by molar-refractivity contribution is 5.97. The number of carboxylic acid groups (broad SMARTS) is 1. The Morgan fingerprint density at radius 2 is 2.14 bits per heavy atom. The van der Waals surface area contributed by atoms with Crippen LogP contribution in [-0.2, 0) is 9.59 Å². The van der Waals surface area contributed by atoms with Gasteiger partial charge in [0.2, 0.25) is 5.91 Å². The largest absolute Gasteiger partial charge is 0.478 e. The van der Waals surface area contributed by atoms with E-state index in [0.29, 0.717) is 13.1 Å². The smallest absolute Gasteiger partial charge is 0.328 e. The van der Waals surface area contributed by atoms with Crippen LogP contribution in [0.4, 0.5) is 4.39 Å². The van der Waals surface area contributed by atoms with Crippen molar-refractivity contribution >= 4 is 23.9 Å². The Balaban J connectivity index is 2.17. The molecule has 0 bridgehead atoms. The van der Waals surface area contributed by atoms with Crippen LogP contribution >= 0.6 is 0 Å². The first-order valence-corrected chi connectivity index (χ1v) is 6.24. The third-order valence-electron chi connectivity index (χ3n) is 2.98. The molecule has 0 atom stereocenters. The van der Waals surface area contributed by atoms with Gasteiger partial charge in [-0.3, -0.25) is 9.59 Å². The molecule has 1 aliphatic heterocycles. The average Bonchev–Trinajstić information content (AvgIpc) is 2.45. The van der Waals surface area contributed by atoms with E-state index in [-0.39, 0.29) is 23.6 Å². The lowest BCUT2D eigenvalue weighted by atomic mass is 10.1. The quantitative estimate of drug-likeness (QED) is 0.794. The molecule has 2 amide bonds. The molecule has 6 nitrogen and oxygen atoms in total. The summed E-state index contributed by atoms with van der Waals surface area (Å²) in [6.45, 7) is 0.681. The number of amides is 2. The van der Waals surface area contributed by atoms with Gasteiger partial charge in [-0.1, -0.05) is 6.07 Å². The maximum Gasteiger partial charge on any atom is 0.328 e.